The average molecular weight is 726 g/mol. The number of amides is 3. The van der Waals surface area contributed by atoms with Gasteiger partial charge in [-0.1, -0.05) is 55.7 Å². The summed E-state index contributed by atoms with van der Waals surface area (Å²) in [7, 11) is 0. The molecule has 1 aliphatic heterocycles. The van der Waals surface area contributed by atoms with Crippen molar-refractivity contribution in [1.29, 1.82) is 0 Å². The van der Waals surface area contributed by atoms with Crippen molar-refractivity contribution in [1.82, 2.24) is 20.5 Å². The van der Waals surface area contributed by atoms with Crippen molar-refractivity contribution in [2.75, 3.05) is 6.54 Å². The van der Waals surface area contributed by atoms with Crippen LogP contribution in [0.1, 0.15) is 72.6 Å². The number of nitro benzene ring substituents is 1. The van der Waals surface area contributed by atoms with E-state index < -0.39 is 52.2 Å². The van der Waals surface area contributed by atoms with E-state index in [-0.39, 0.29) is 36.3 Å². The van der Waals surface area contributed by atoms with Crippen molar-refractivity contribution in [2.45, 2.75) is 102 Å². The van der Waals surface area contributed by atoms with Gasteiger partial charge in [0.25, 0.3) is 5.69 Å². The molecule has 2 heterocycles. The Kier molecular flexibility index (Phi) is 10.6. The van der Waals surface area contributed by atoms with Gasteiger partial charge in [-0.25, -0.2) is 9.78 Å². The minimum Gasteiger partial charge on any atom is -0.488 e. The van der Waals surface area contributed by atoms with Gasteiger partial charge in [-0.05, 0) is 58.9 Å². The molecule has 2 N–H and O–H groups in total. The summed E-state index contributed by atoms with van der Waals surface area (Å²) in [5.41, 5.74) is -0.191. The molecule has 1 aromatic heterocycles. The van der Waals surface area contributed by atoms with E-state index in [0.29, 0.717) is 28.8 Å². The van der Waals surface area contributed by atoms with E-state index >= 15 is 0 Å². The number of ether oxygens (including phenoxy) is 2. The minimum absolute atomic E-state index is 0.0203. The number of hydrogen-bond donors (Lipinski definition) is 2. The molecule has 0 bridgehead atoms. The van der Waals surface area contributed by atoms with Gasteiger partial charge in [-0.2, -0.15) is 0 Å². The molecule has 3 fully saturated rings. The third-order valence-corrected chi connectivity index (χ3v) is 10.5. The molecule has 3 aliphatic rings. The molecular weight excluding hydrogens is 678 g/mol. The summed E-state index contributed by atoms with van der Waals surface area (Å²) in [6.07, 6.45) is 4.91. The summed E-state index contributed by atoms with van der Waals surface area (Å²) in [5, 5.41) is 18.0. The monoisotopic (exact) mass is 725 g/mol. The number of rotatable bonds is 11. The Balaban J connectivity index is 1.36. The summed E-state index contributed by atoms with van der Waals surface area (Å²) in [4.78, 5) is 72.3. The molecule has 5 atom stereocenters. The maximum atomic E-state index is 14.7. The molecule has 6 rings (SSSR count). The highest BCUT2D eigenvalue weighted by Gasteiger charge is 2.59. The number of ketones is 1. The van der Waals surface area contributed by atoms with Crippen molar-refractivity contribution < 1.29 is 33.6 Å². The molecule has 13 nitrogen and oxygen atoms in total. The van der Waals surface area contributed by atoms with Crippen LogP contribution >= 0.6 is 0 Å². The van der Waals surface area contributed by atoms with Crippen molar-refractivity contribution in [3.05, 3.63) is 77.4 Å². The van der Waals surface area contributed by atoms with E-state index in [0.717, 1.165) is 37.7 Å². The van der Waals surface area contributed by atoms with E-state index in [1.807, 2.05) is 30.3 Å². The van der Waals surface area contributed by atoms with E-state index in [4.69, 9.17) is 14.5 Å². The highest BCUT2D eigenvalue weighted by atomic mass is 16.6. The maximum Gasteiger partial charge on any atom is 0.408 e. The number of nitro groups is 1. The lowest BCUT2D eigenvalue weighted by molar-refractivity contribution is -0.384. The number of fused-ring (bicyclic) bond motifs is 1. The highest BCUT2D eigenvalue weighted by Crippen LogP contribution is 2.45. The van der Waals surface area contributed by atoms with Crippen LogP contribution in [0.4, 0.5) is 10.5 Å². The van der Waals surface area contributed by atoms with Crippen LogP contribution < -0.4 is 15.4 Å². The molecule has 2 aromatic carbocycles. The average Bonchev–Trinajstić information content (AvgIpc) is 3.69. The molecule has 1 saturated heterocycles. The van der Waals surface area contributed by atoms with Gasteiger partial charge in [-0.3, -0.25) is 24.5 Å². The number of carbonyl (C=O) groups is 4. The molecule has 3 amide bonds. The van der Waals surface area contributed by atoms with Gasteiger partial charge in [0, 0.05) is 41.5 Å². The Morgan fingerprint density at radius 1 is 1.08 bits per heavy atom. The Labute approximate surface area is 308 Å². The van der Waals surface area contributed by atoms with E-state index in [9.17, 15) is 29.3 Å². The summed E-state index contributed by atoms with van der Waals surface area (Å²) < 4.78 is 12.2. The second-order valence-electron chi connectivity index (χ2n) is 15.4. The van der Waals surface area contributed by atoms with Gasteiger partial charge in [0.1, 0.15) is 35.1 Å². The molecule has 0 radical (unpaired) electrons. The first-order chi connectivity index (χ1) is 25.2. The smallest absolute Gasteiger partial charge is 0.408 e. The van der Waals surface area contributed by atoms with Crippen molar-refractivity contribution in [3.63, 3.8) is 0 Å². The summed E-state index contributed by atoms with van der Waals surface area (Å²) in [6.45, 7) is 10.5. The Morgan fingerprint density at radius 2 is 1.79 bits per heavy atom. The third-order valence-electron chi connectivity index (χ3n) is 10.5. The Hall–Kier alpha value is -5.33. The van der Waals surface area contributed by atoms with Gasteiger partial charge >= 0.3 is 6.09 Å². The van der Waals surface area contributed by atoms with E-state index in [1.54, 1.807) is 39.0 Å². The van der Waals surface area contributed by atoms with Crippen LogP contribution in [0.15, 0.2) is 67.3 Å². The fraction of sp³-hybridized carbons (Fsp3) is 0.475. The SMILES string of the molecule is C=CC1CC1(NC(=O)C1CC(Oc2cc(-c3ccccc3)nc3ccc([N+](=O)[O-])cc23)CN1C(=O)C(NC(=O)OC(C)(C)C)C1CCCCC1)C(C)=O. The normalized spacial score (nSPS) is 23.5. The number of likely N-dealkylation sites (tertiary alicyclic amines) is 1. The first kappa shape index (κ1) is 37.4. The largest absolute Gasteiger partial charge is 0.488 e. The maximum absolute atomic E-state index is 14.7. The molecule has 13 heteroatoms. The lowest BCUT2D eigenvalue weighted by Gasteiger charge is -2.35. The number of aromatic nitrogens is 1. The second-order valence-corrected chi connectivity index (χ2v) is 15.4. The minimum atomic E-state index is -1.10. The molecular formula is C40H47N5O8. The number of nitrogens with one attached hydrogen (secondary N) is 2. The van der Waals surface area contributed by atoms with Crippen molar-refractivity contribution in [2.24, 2.45) is 11.8 Å². The Bertz CT molecular complexity index is 1920. The number of alkyl carbamates (subject to hydrolysis) is 1. The number of carbonyl (C=O) groups excluding carboxylic acids is 4. The summed E-state index contributed by atoms with van der Waals surface area (Å²) in [6, 6.07) is 13.5. The zero-order chi connectivity index (χ0) is 38.1. The third kappa shape index (κ3) is 8.18. The lowest BCUT2D eigenvalue weighted by Crippen LogP contribution is -2.58. The zero-order valence-electron chi connectivity index (χ0n) is 30.6. The van der Waals surface area contributed by atoms with E-state index in [1.165, 1.54) is 24.0 Å². The van der Waals surface area contributed by atoms with Gasteiger partial charge in [-0.15, -0.1) is 6.58 Å². The lowest BCUT2D eigenvalue weighted by atomic mass is 9.83. The summed E-state index contributed by atoms with van der Waals surface area (Å²) >= 11 is 0. The molecule has 280 valence electrons. The Morgan fingerprint density at radius 3 is 2.42 bits per heavy atom. The number of pyridine rings is 1. The van der Waals surface area contributed by atoms with Crippen LogP contribution in [-0.4, -0.2) is 74.4 Å². The first-order valence-corrected chi connectivity index (χ1v) is 18.3. The fourth-order valence-electron chi connectivity index (χ4n) is 7.68. The highest BCUT2D eigenvalue weighted by molar-refractivity contribution is 5.98. The quantitative estimate of drug-likeness (QED) is 0.131. The molecule has 2 saturated carbocycles. The molecule has 53 heavy (non-hydrogen) atoms. The summed E-state index contributed by atoms with van der Waals surface area (Å²) in [5.74, 6) is -1.26. The topological polar surface area (TPSA) is 170 Å². The van der Waals surface area contributed by atoms with Gasteiger partial charge in [0.2, 0.25) is 11.8 Å². The molecule has 0 spiro atoms. The number of Topliss-reactive ketones (excluding diaryl/α,β-unsaturated/α-hetero) is 1. The van der Waals surface area contributed by atoms with Gasteiger partial charge in [0.05, 0.1) is 22.7 Å². The second kappa shape index (κ2) is 15.0. The molecule has 3 aromatic rings. The first-order valence-electron chi connectivity index (χ1n) is 18.3. The predicted octanol–water partition coefficient (Wildman–Crippen LogP) is 6.28. The zero-order valence-corrected chi connectivity index (χ0v) is 30.6. The fourth-order valence-corrected chi connectivity index (χ4v) is 7.68. The molecule has 5 unspecified atom stereocenters. The van der Waals surface area contributed by atoms with Crippen LogP contribution in [-0.2, 0) is 19.1 Å². The van der Waals surface area contributed by atoms with Crippen LogP contribution in [0.5, 0.6) is 5.75 Å². The van der Waals surface area contributed by atoms with Crippen LogP contribution in [0, 0.1) is 22.0 Å². The number of nitrogens with zero attached hydrogens (tertiary/aromatic N) is 3. The van der Waals surface area contributed by atoms with E-state index in [2.05, 4.69) is 17.2 Å². The van der Waals surface area contributed by atoms with Gasteiger partial charge < -0.3 is 25.0 Å². The van der Waals surface area contributed by atoms with Crippen LogP contribution in [0.2, 0.25) is 0 Å². The van der Waals surface area contributed by atoms with Crippen LogP contribution in [0.3, 0.4) is 0 Å². The number of benzene rings is 2. The molecule has 2 aliphatic carbocycles. The number of non-ortho nitro benzene ring substituents is 1. The predicted molar refractivity (Wildman–Crippen MR) is 198 cm³/mol. The van der Waals surface area contributed by atoms with Crippen molar-refractivity contribution in [3.8, 4) is 17.0 Å². The standard InChI is InChI=1S/C40H47N5O8/c1-6-27-22-40(27,24(2)46)43-36(47)33-20-29(23-44(33)37(48)35(26-15-11-8-12-16-26)42-38(49)53-39(3,4)5)52-34-21-32(25-13-9-7-10-14-25)41-31-18-17-28(45(50)51)19-30(31)34/h6-7,9-10,13-14,17-19,21,26-27,29,33,35H,1,8,11-12,15-16,20,22-23H2,2-5H3,(H,42,49)(H,43,47). The van der Waals surface area contributed by atoms with Gasteiger partial charge in [0.15, 0.2) is 5.78 Å². The van der Waals surface area contributed by atoms with Crippen molar-refractivity contribution >= 4 is 40.3 Å². The van der Waals surface area contributed by atoms with Crippen LogP contribution in [0.25, 0.3) is 22.2 Å². The number of hydrogen-bond acceptors (Lipinski definition) is 9.